The molecule has 0 fully saturated rings. The number of halogens is 1. The number of likely N-dealkylation sites (N-methyl/N-ethyl adjacent to an activating group) is 1. The molecule has 40 heavy (non-hydrogen) atoms. The number of nitrogens with zero attached hydrogens (tertiary/aromatic N) is 2. The van der Waals surface area contributed by atoms with Crippen molar-refractivity contribution in [1.29, 1.82) is 0 Å². The number of amides is 2. The van der Waals surface area contributed by atoms with Crippen LogP contribution in [0.1, 0.15) is 30.9 Å². The molecule has 0 aliphatic heterocycles. The zero-order valence-electron chi connectivity index (χ0n) is 23.0. The minimum atomic E-state index is -3.60. The van der Waals surface area contributed by atoms with Gasteiger partial charge in [0.05, 0.1) is 19.1 Å². The summed E-state index contributed by atoms with van der Waals surface area (Å²) in [5.41, 5.74) is 2.24. The van der Waals surface area contributed by atoms with Crippen LogP contribution in [0.3, 0.4) is 0 Å². The molecule has 3 aromatic carbocycles. The van der Waals surface area contributed by atoms with E-state index in [9.17, 15) is 18.0 Å². The molecule has 1 unspecified atom stereocenters. The van der Waals surface area contributed by atoms with Gasteiger partial charge in [-0.2, -0.15) is 0 Å². The van der Waals surface area contributed by atoms with E-state index in [0.717, 1.165) is 17.4 Å². The van der Waals surface area contributed by atoms with Gasteiger partial charge in [0.15, 0.2) is 0 Å². The van der Waals surface area contributed by atoms with Gasteiger partial charge in [0.25, 0.3) is 0 Å². The highest BCUT2D eigenvalue weighted by Crippen LogP contribution is 2.23. The first kappa shape index (κ1) is 31.0. The molecular formula is C30H36ClN3O5S. The molecule has 0 heterocycles. The van der Waals surface area contributed by atoms with Crippen LogP contribution in [0.2, 0.25) is 5.02 Å². The molecule has 0 aromatic heterocycles. The normalized spacial score (nSPS) is 11.9. The predicted octanol–water partition coefficient (Wildman–Crippen LogP) is 4.67. The van der Waals surface area contributed by atoms with Gasteiger partial charge in [-0.3, -0.25) is 13.9 Å². The van der Waals surface area contributed by atoms with E-state index < -0.39 is 16.1 Å². The Bertz CT molecular complexity index is 1350. The number of benzene rings is 3. The van der Waals surface area contributed by atoms with E-state index >= 15 is 0 Å². The number of carbonyl (C=O) groups is 2. The number of nitrogens with one attached hydrogen (secondary N) is 1. The van der Waals surface area contributed by atoms with Crippen LogP contribution in [0.15, 0.2) is 78.9 Å². The number of sulfonamides is 1. The molecule has 2 amide bonds. The van der Waals surface area contributed by atoms with E-state index in [1.165, 1.54) is 11.4 Å². The number of hydrogen-bond donors (Lipinski definition) is 1. The number of rotatable bonds is 14. The summed E-state index contributed by atoms with van der Waals surface area (Å²) in [5, 5.41) is 3.44. The molecule has 0 saturated carbocycles. The number of hydrogen-bond acceptors (Lipinski definition) is 5. The lowest BCUT2D eigenvalue weighted by atomic mass is 10.0. The van der Waals surface area contributed by atoms with Crippen molar-refractivity contribution in [3.05, 3.63) is 95.0 Å². The fourth-order valence-electron chi connectivity index (χ4n) is 4.38. The summed E-state index contributed by atoms with van der Waals surface area (Å²) in [6.07, 6.45) is 1.80. The fraction of sp³-hybridized carbons (Fsp3) is 0.333. The van der Waals surface area contributed by atoms with Crippen LogP contribution in [0.5, 0.6) is 5.75 Å². The number of methoxy groups -OCH3 is 1. The third-order valence-corrected chi connectivity index (χ3v) is 7.85. The first-order chi connectivity index (χ1) is 19.1. The molecule has 0 radical (unpaired) electrons. The molecular weight excluding hydrogens is 550 g/mol. The lowest BCUT2D eigenvalue weighted by Crippen LogP contribution is -2.50. The van der Waals surface area contributed by atoms with Crippen molar-refractivity contribution >= 4 is 39.1 Å². The third kappa shape index (κ3) is 8.99. The standard InChI is InChI=1S/C30H36ClN3O5S/c1-4-32-30(36)28(21-23-9-6-5-7-10-23)33(22-24-12-14-25(31)15-13-24)29(35)11-8-20-34(40(3,37)38)26-16-18-27(39-2)19-17-26/h5-7,9-10,12-19,28H,4,8,11,20-22H2,1-3H3,(H,32,36). The maximum absolute atomic E-state index is 13.7. The van der Waals surface area contributed by atoms with Gasteiger partial charge in [0, 0.05) is 37.5 Å². The first-order valence-corrected chi connectivity index (χ1v) is 15.3. The second-order valence-electron chi connectivity index (χ2n) is 9.38. The van der Waals surface area contributed by atoms with E-state index in [4.69, 9.17) is 16.3 Å². The molecule has 0 aliphatic rings. The third-order valence-electron chi connectivity index (χ3n) is 6.40. The van der Waals surface area contributed by atoms with E-state index in [-0.39, 0.29) is 37.7 Å². The Labute approximate surface area is 241 Å². The Morgan fingerprint density at radius 3 is 2.17 bits per heavy atom. The van der Waals surface area contributed by atoms with E-state index in [1.54, 1.807) is 41.3 Å². The molecule has 0 bridgehead atoms. The molecule has 0 aliphatic carbocycles. The summed E-state index contributed by atoms with van der Waals surface area (Å²) in [7, 11) is -2.06. The maximum atomic E-state index is 13.7. The number of ether oxygens (including phenoxy) is 1. The highest BCUT2D eigenvalue weighted by molar-refractivity contribution is 7.92. The van der Waals surface area contributed by atoms with E-state index in [0.29, 0.717) is 29.4 Å². The Morgan fingerprint density at radius 2 is 1.60 bits per heavy atom. The average molecular weight is 586 g/mol. The Hall–Kier alpha value is -3.56. The Balaban J connectivity index is 1.84. The van der Waals surface area contributed by atoms with Crippen LogP contribution in [0, 0.1) is 0 Å². The van der Waals surface area contributed by atoms with Crippen molar-refractivity contribution in [2.24, 2.45) is 0 Å². The molecule has 0 spiro atoms. The zero-order valence-corrected chi connectivity index (χ0v) is 24.6. The second-order valence-corrected chi connectivity index (χ2v) is 11.7. The van der Waals surface area contributed by atoms with Crippen LogP contribution in [-0.4, -0.2) is 57.6 Å². The van der Waals surface area contributed by atoms with Gasteiger partial charge in [0.1, 0.15) is 11.8 Å². The summed E-state index contributed by atoms with van der Waals surface area (Å²) in [6, 6.07) is 22.7. The van der Waals surface area contributed by atoms with Gasteiger partial charge in [-0.25, -0.2) is 8.42 Å². The van der Waals surface area contributed by atoms with Gasteiger partial charge in [-0.1, -0.05) is 54.1 Å². The van der Waals surface area contributed by atoms with Crippen molar-refractivity contribution in [3.63, 3.8) is 0 Å². The molecule has 3 aromatic rings. The molecule has 1 atom stereocenters. The summed E-state index contributed by atoms with van der Waals surface area (Å²) in [6.45, 7) is 2.58. The Morgan fingerprint density at radius 1 is 0.950 bits per heavy atom. The van der Waals surface area contributed by atoms with E-state index in [1.807, 2.05) is 49.4 Å². The second kappa shape index (κ2) is 14.7. The lowest BCUT2D eigenvalue weighted by molar-refractivity contribution is -0.141. The summed E-state index contributed by atoms with van der Waals surface area (Å²) >= 11 is 6.07. The molecule has 8 nitrogen and oxygen atoms in total. The monoisotopic (exact) mass is 585 g/mol. The van der Waals surface area contributed by atoms with Crippen molar-refractivity contribution in [3.8, 4) is 5.75 Å². The largest absolute Gasteiger partial charge is 0.497 e. The zero-order chi connectivity index (χ0) is 29.1. The molecule has 0 saturated heterocycles. The first-order valence-electron chi connectivity index (χ1n) is 13.1. The molecule has 10 heteroatoms. The fourth-order valence-corrected chi connectivity index (χ4v) is 5.48. The topological polar surface area (TPSA) is 96.0 Å². The van der Waals surface area contributed by atoms with Crippen LogP contribution >= 0.6 is 11.6 Å². The van der Waals surface area contributed by atoms with Crippen LogP contribution in [0.4, 0.5) is 5.69 Å². The molecule has 1 N–H and O–H groups in total. The SMILES string of the molecule is CCNC(=O)C(Cc1ccccc1)N(Cc1ccc(Cl)cc1)C(=O)CCCN(c1ccc(OC)cc1)S(C)(=O)=O. The summed E-state index contributed by atoms with van der Waals surface area (Å²) in [4.78, 5) is 28.6. The van der Waals surface area contributed by atoms with Crippen molar-refractivity contribution < 1.29 is 22.7 Å². The quantitative estimate of drug-likeness (QED) is 0.297. The predicted molar refractivity (Wildman–Crippen MR) is 159 cm³/mol. The van der Waals surface area contributed by atoms with Crippen LogP contribution < -0.4 is 14.4 Å². The van der Waals surface area contributed by atoms with Gasteiger partial charge in [0.2, 0.25) is 21.8 Å². The highest BCUT2D eigenvalue weighted by atomic mass is 35.5. The van der Waals surface area contributed by atoms with Crippen LogP contribution in [-0.2, 0) is 32.6 Å². The maximum Gasteiger partial charge on any atom is 0.243 e. The van der Waals surface area contributed by atoms with Crippen molar-refractivity contribution in [1.82, 2.24) is 10.2 Å². The van der Waals surface area contributed by atoms with Gasteiger partial charge in [-0.05, 0) is 60.9 Å². The lowest BCUT2D eigenvalue weighted by Gasteiger charge is -2.32. The number of anilines is 1. The van der Waals surface area contributed by atoms with Crippen LogP contribution in [0.25, 0.3) is 0 Å². The van der Waals surface area contributed by atoms with Crippen molar-refractivity contribution in [2.75, 3.05) is 30.8 Å². The smallest absolute Gasteiger partial charge is 0.243 e. The highest BCUT2D eigenvalue weighted by Gasteiger charge is 2.30. The summed E-state index contributed by atoms with van der Waals surface area (Å²) < 4.78 is 31.6. The van der Waals surface area contributed by atoms with E-state index in [2.05, 4.69) is 5.32 Å². The minimum Gasteiger partial charge on any atom is -0.497 e. The number of carbonyl (C=O) groups excluding carboxylic acids is 2. The minimum absolute atomic E-state index is 0.0560. The van der Waals surface area contributed by atoms with Gasteiger partial charge >= 0.3 is 0 Å². The summed E-state index contributed by atoms with van der Waals surface area (Å²) in [5.74, 6) is 0.120. The molecule has 214 valence electrons. The van der Waals surface area contributed by atoms with Crippen molar-refractivity contribution in [2.45, 2.75) is 38.8 Å². The average Bonchev–Trinajstić information content (AvgIpc) is 2.94. The molecule has 3 rings (SSSR count). The van der Waals surface area contributed by atoms with Gasteiger partial charge < -0.3 is 15.0 Å². The Kier molecular flexibility index (Phi) is 11.4. The van der Waals surface area contributed by atoms with Gasteiger partial charge in [-0.15, -0.1) is 0 Å².